The van der Waals surface area contributed by atoms with Crippen molar-refractivity contribution in [3.8, 4) is 0 Å². The van der Waals surface area contributed by atoms with Crippen molar-refractivity contribution in [2.45, 2.75) is 20.4 Å². The third-order valence-electron chi connectivity index (χ3n) is 4.14. The Morgan fingerprint density at radius 3 is 2.57 bits per heavy atom. The predicted molar refractivity (Wildman–Crippen MR) is 91.3 cm³/mol. The van der Waals surface area contributed by atoms with Gasteiger partial charge in [-0.3, -0.25) is 9.69 Å². The Labute approximate surface area is 144 Å². The molecule has 2 aromatic rings. The number of aromatic nitrogens is 1. The van der Waals surface area contributed by atoms with Crippen LogP contribution < -0.4 is 0 Å². The van der Waals surface area contributed by atoms with Gasteiger partial charge in [-0.05, 0) is 37.6 Å². The molecule has 0 unspecified atom stereocenters. The lowest BCUT2D eigenvalue weighted by atomic mass is 10.1. The van der Waals surface area contributed by atoms with E-state index in [1.54, 1.807) is 0 Å². The maximum atomic E-state index is 12.7. The SMILES string of the molecule is Cc1cc(CN2CCN(C(=O)c3ccc(Br)cc3C)CC2)no1. The Bertz CT molecular complexity index is 706. The first-order valence-corrected chi connectivity index (χ1v) is 8.52. The number of hydrogen-bond donors (Lipinski definition) is 0. The molecule has 0 saturated carbocycles. The second kappa shape index (κ2) is 6.84. The molecule has 0 aliphatic carbocycles. The number of piperazine rings is 1. The van der Waals surface area contributed by atoms with Crippen LogP contribution in [0.1, 0.15) is 27.4 Å². The number of hydrogen-bond acceptors (Lipinski definition) is 4. The minimum Gasteiger partial charge on any atom is -0.361 e. The molecule has 3 rings (SSSR count). The van der Waals surface area contributed by atoms with Gasteiger partial charge in [0.25, 0.3) is 5.91 Å². The van der Waals surface area contributed by atoms with E-state index in [1.165, 1.54) is 0 Å². The first-order chi connectivity index (χ1) is 11.0. The number of rotatable bonds is 3. The number of aryl methyl sites for hydroxylation is 2. The average molecular weight is 378 g/mol. The molecule has 1 saturated heterocycles. The van der Waals surface area contributed by atoms with Gasteiger partial charge in [-0.15, -0.1) is 0 Å². The molecule has 0 bridgehead atoms. The van der Waals surface area contributed by atoms with Gasteiger partial charge >= 0.3 is 0 Å². The number of nitrogens with zero attached hydrogens (tertiary/aromatic N) is 3. The van der Waals surface area contributed by atoms with E-state index in [9.17, 15) is 4.79 Å². The van der Waals surface area contributed by atoms with Crippen LogP contribution in [0.3, 0.4) is 0 Å². The maximum absolute atomic E-state index is 12.7. The molecule has 122 valence electrons. The van der Waals surface area contributed by atoms with Gasteiger partial charge in [0.1, 0.15) is 5.76 Å². The lowest BCUT2D eigenvalue weighted by Gasteiger charge is -2.34. The number of carbonyl (C=O) groups is 1. The van der Waals surface area contributed by atoms with Crippen molar-refractivity contribution in [3.63, 3.8) is 0 Å². The molecule has 0 atom stereocenters. The van der Waals surface area contributed by atoms with E-state index in [-0.39, 0.29) is 5.91 Å². The topological polar surface area (TPSA) is 49.6 Å². The van der Waals surface area contributed by atoms with E-state index in [1.807, 2.05) is 43.0 Å². The Balaban J connectivity index is 1.59. The van der Waals surface area contributed by atoms with Gasteiger partial charge < -0.3 is 9.42 Å². The molecule has 5 nitrogen and oxygen atoms in total. The van der Waals surface area contributed by atoms with Crippen molar-refractivity contribution in [3.05, 3.63) is 51.3 Å². The highest BCUT2D eigenvalue weighted by molar-refractivity contribution is 9.10. The van der Waals surface area contributed by atoms with Crippen molar-refractivity contribution in [2.75, 3.05) is 26.2 Å². The van der Waals surface area contributed by atoms with Gasteiger partial charge in [0.15, 0.2) is 0 Å². The molecule has 0 spiro atoms. The van der Waals surface area contributed by atoms with Crippen LogP contribution in [-0.4, -0.2) is 47.0 Å². The maximum Gasteiger partial charge on any atom is 0.254 e. The summed E-state index contributed by atoms with van der Waals surface area (Å²) in [6.07, 6.45) is 0. The predicted octanol–water partition coefficient (Wildman–Crippen LogP) is 3.01. The molecular weight excluding hydrogens is 358 g/mol. The van der Waals surface area contributed by atoms with Crippen molar-refractivity contribution >= 4 is 21.8 Å². The van der Waals surface area contributed by atoms with E-state index in [2.05, 4.69) is 26.0 Å². The summed E-state index contributed by atoms with van der Waals surface area (Å²) in [5.74, 6) is 0.950. The summed E-state index contributed by atoms with van der Waals surface area (Å²) in [6.45, 7) is 7.84. The van der Waals surface area contributed by atoms with Crippen LogP contribution in [0.4, 0.5) is 0 Å². The summed E-state index contributed by atoms with van der Waals surface area (Å²) in [5, 5.41) is 4.03. The van der Waals surface area contributed by atoms with Gasteiger partial charge in [-0.2, -0.15) is 0 Å². The Kier molecular flexibility index (Phi) is 4.82. The molecule has 1 aliphatic rings. The number of carbonyl (C=O) groups excluding carboxylic acids is 1. The molecule has 23 heavy (non-hydrogen) atoms. The standard InChI is InChI=1S/C17H20BrN3O2/c1-12-9-14(18)3-4-16(12)17(22)21-7-5-20(6-8-21)11-15-10-13(2)23-19-15/h3-4,9-10H,5-8,11H2,1-2H3. The van der Waals surface area contributed by atoms with Crippen molar-refractivity contribution < 1.29 is 9.32 Å². The highest BCUT2D eigenvalue weighted by Crippen LogP contribution is 2.18. The zero-order valence-electron chi connectivity index (χ0n) is 13.4. The fourth-order valence-corrected chi connectivity index (χ4v) is 3.34. The Morgan fingerprint density at radius 2 is 1.96 bits per heavy atom. The fourth-order valence-electron chi connectivity index (χ4n) is 2.87. The summed E-state index contributed by atoms with van der Waals surface area (Å²) in [5.41, 5.74) is 2.74. The van der Waals surface area contributed by atoms with E-state index in [4.69, 9.17) is 4.52 Å². The van der Waals surface area contributed by atoms with E-state index >= 15 is 0 Å². The van der Waals surface area contributed by atoms with E-state index in [0.29, 0.717) is 0 Å². The quantitative estimate of drug-likeness (QED) is 0.824. The van der Waals surface area contributed by atoms with Gasteiger partial charge in [0, 0.05) is 48.8 Å². The Hall–Kier alpha value is -1.66. The smallest absolute Gasteiger partial charge is 0.254 e. The second-order valence-electron chi connectivity index (χ2n) is 5.96. The minimum atomic E-state index is 0.118. The highest BCUT2D eigenvalue weighted by atomic mass is 79.9. The molecule has 0 N–H and O–H groups in total. The van der Waals surface area contributed by atoms with Crippen molar-refractivity contribution in [2.24, 2.45) is 0 Å². The molecule has 2 heterocycles. The summed E-state index contributed by atoms with van der Waals surface area (Å²) in [7, 11) is 0. The van der Waals surface area contributed by atoms with Gasteiger partial charge in [-0.25, -0.2) is 0 Å². The molecular formula is C17H20BrN3O2. The first-order valence-electron chi connectivity index (χ1n) is 7.73. The van der Waals surface area contributed by atoms with Crippen molar-refractivity contribution in [1.82, 2.24) is 15.0 Å². The molecule has 1 aromatic heterocycles. The lowest BCUT2D eigenvalue weighted by molar-refractivity contribution is 0.0625. The number of benzene rings is 1. The minimum absolute atomic E-state index is 0.118. The largest absolute Gasteiger partial charge is 0.361 e. The zero-order valence-corrected chi connectivity index (χ0v) is 15.0. The van der Waals surface area contributed by atoms with E-state index < -0.39 is 0 Å². The lowest BCUT2D eigenvalue weighted by Crippen LogP contribution is -2.48. The van der Waals surface area contributed by atoms with Crippen LogP contribution >= 0.6 is 15.9 Å². The average Bonchev–Trinajstić information content (AvgIpc) is 2.92. The molecule has 1 fully saturated rings. The summed E-state index contributed by atoms with van der Waals surface area (Å²) in [6, 6.07) is 7.76. The highest BCUT2D eigenvalue weighted by Gasteiger charge is 2.23. The summed E-state index contributed by atoms with van der Waals surface area (Å²) >= 11 is 3.44. The summed E-state index contributed by atoms with van der Waals surface area (Å²) in [4.78, 5) is 16.9. The molecule has 1 aromatic carbocycles. The van der Waals surface area contributed by atoms with Crippen molar-refractivity contribution in [1.29, 1.82) is 0 Å². The van der Waals surface area contributed by atoms with Crippen LogP contribution in [-0.2, 0) is 6.54 Å². The third kappa shape index (κ3) is 3.82. The van der Waals surface area contributed by atoms with Gasteiger partial charge in [0.2, 0.25) is 0 Å². The van der Waals surface area contributed by atoms with Gasteiger partial charge in [0.05, 0.1) is 5.69 Å². The van der Waals surface area contributed by atoms with Crippen LogP contribution in [0.25, 0.3) is 0 Å². The fraction of sp³-hybridized carbons (Fsp3) is 0.412. The normalized spacial score (nSPS) is 15.9. The van der Waals surface area contributed by atoms with Crippen LogP contribution in [0.15, 0.2) is 33.3 Å². The molecule has 0 radical (unpaired) electrons. The second-order valence-corrected chi connectivity index (χ2v) is 6.87. The van der Waals surface area contributed by atoms with Gasteiger partial charge in [-0.1, -0.05) is 21.1 Å². The molecule has 1 amide bonds. The Morgan fingerprint density at radius 1 is 1.22 bits per heavy atom. The summed E-state index contributed by atoms with van der Waals surface area (Å²) < 4.78 is 6.10. The van der Waals surface area contributed by atoms with Crippen LogP contribution in [0.5, 0.6) is 0 Å². The number of amides is 1. The van der Waals surface area contributed by atoms with E-state index in [0.717, 1.165) is 59.8 Å². The monoisotopic (exact) mass is 377 g/mol. The first kappa shape index (κ1) is 16.2. The van der Waals surface area contributed by atoms with Crippen LogP contribution in [0, 0.1) is 13.8 Å². The van der Waals surface area contributed by atoms with Crippen LogP contribution in [0.2, 0.25) is 0 Å². The molecule has 6 heteroatoms. The number of halogens is 1. The molecule has 1 aliphatic heterocycles. The third-order valence-corrected chi connectivity index (χ3v) is 4.63. The zero-order chi connectivity index (χ0) is 16.4.